The number of hydrogen-bond acceptors (Lipinski definition) is 5. The van der Waals surface area contributed by atoms with Gasteiger partial charge in [0.15, 0.2) is 5.96 Å². The van der Waals surface area contributed by atoms with E-state index >= 15 is 0 Å². The number of ether oxygens (including phenoxy) is 1. The summed E-state index contributed by atoms with van der Waals surface area (Å²) in [6.45, 7) is 12.3. The van der Waals surface area contributed by atoms with Crippen molar-refractivity contribution in [3.63, 3.8) is 0 Å². The largest absolute Gasteiger partial charge is 0.444 e. The molecule has 172 valence electrons. The Morgan fingerprint density at radius 3 is 2.52 bits per heavy atom. The van der Waals surface area contributed by atoms with Gasteiger partial charge in [-0.2, -0.15) is 0 Å². The third-order valence-electron chi connectivity index (χ3n) is 4.28. The molecule has 0 spiro atoms. The standard InChI is InChI=1S/C18H37N5O4S.HI/c1-7-19-16(20-11-9-12-22(6)28(25,26)8-2)23-13-10-15(14-23)21-17(24)27-18(3,4)5;/h15H,7-14H2,1-6H3,(H,19,20)(H,21,24);1H. The fourth-order valence-corrected chi connectivity index (χ4v) is 3.66. The Labute approximate surface area is 193 Å². The van der Waals surface area contributed by atoms with Gasteiger partial charge in [-0.05, 0) is 47.5 Å². The van der Waals surface area contributed by atoms with Gasteiger partial charge < -0.3 is 20.3 Å². The lowest BCUT2D eigenvalue weighted by Crippen LogP contribution is -2.44. The number of carbonyl (C=O) groups excluding carboxylic acids is 1. The Balaban J connectivity index is 0.00000784. The predicted molar refractivity (Wildman–Crippen MR) is 127 cm³/mol. The van der Waals surface area contributed by atoms with E-state index in [0.29, 0.717) is 26.1 Å². The Morgan fingerprint density at radius 1 is 1.31 bits per heavy atom. The zero-order valence-electron chi connectivity index (χ0n) is 18.5. The van der Waals surface area contributed by atoms with Crippen molar-refractivity contribution in [3.8, 4) is 0 Å². The lowest BCUT2D eigenvalue weighted by atomic mass is 10.2. The van der Waals surface area contributed by atoms with Crippen molar-refractivity contribution in [2.45, 2.75) is 59.1 Å². The molecule has 1 fully saturated rings. The van der Waals surface area contributed by atoms with Crippen LogP contribution in [0.5, 0.6) is 0 Å². The van der Waals surface area contributed by atoms with Crippen LogP contribution in [-0.4, -0.2) is 86.8 Å². The molecule has 2 N–H and O–H groups in total. The summed E-state index contributed by atoms with van der Waals surface area (Å²) in [5.74, 6) is 0.895. The quantitative estimate of drug-likeness (QED) is 0.208. The van der Waals surface area contributed by atoms with Gasteiger partial charge in [-0.25, -0.2) is 17.5 Å². The number of sulfonamides is 1. The number of alkyl carbamates (subject to hydrolysis) is 1. The molecule has 0 aliphatic carbocycles. The highest BCUT2D eigenvalue weighted by Gasteiger charge is 2.27. The number of rotatable bonds is 8. The summed E-state index contributed by atoms with van der Waals surface area (Å²) in [6, 6.07) is 0.0135. The maximum absolute atomic E-state index is 11.9. The van der Waals surface area contributed by atoms with Crippen molar-refractivity contribution in [2.75, 3.05) is 45.5 Å². The number of amides is 1. The molecule has 29 heavy (non-hydrogen) atoms. The van der Waals surface area contributed by atoms with Gasteiger partial charge >= 0.3 is 6.09 Å². The zero-order valence-corrected chi connectivity index (χ0v) is 21.7. The predicted octanol–water partition coefficient (Wildman–Crippen LogP) is 1.84. The van der Waals surface area contributed by atoms with Crippen molar-refractivity contribution >= 4 is 46.1 Å². The molecule has 1 unspecified atom stereocenters. The molecule has 0 aromatic rings. The van der Waals surface area contributed by atoms with Crippen LogP contribution in [0.25, 0.3) is 0 Å². The van der Waals surface area contributed by atoms with Gasteiger partial charge in [0.05, 0.1) is 11.8 Å². The first-order chi connectivity index (χ1) is 13.0. The molecule has 1 amide bonds. The Hall–Kier alpha value is -0.820. The SMILES string of the molecule is CCNC(=NCCCN(C)S(=O)(=O)CC)N1CCC(NC(=O)OC(C)(C)C)C1.I. The van der Waals surface area contributed by atoms with Gasteiger partial charge in [0.2, 0.25) is 10.0 Å². The monoisotopic (exact) mass is 547 g/mol. The van der Waals surface area contributed by atoms with Gasteiger partial charge in [0.25, 0.3) is 0 Å². The number of likely N-dealkylation sites (tertiary alicyclic amines) is 1. The lowest BCUT2D eigenvalue weighted by molar-refractivity contribution is 0.0507. The Morgan fingerprint density at radius 2 is 1.97 bits per heavy atom. The first-order valence-corrected chi connectivity index (χ1v) is 11.6. The van der Waals surface area contributed by atoms with Gasteiger partial charge in [0.1, 0.15) is 5.60 Å². The molecule has 0 saturated carbocycles. The molecule has 1 rings (SSSR count). The molecule has 9 nitrogen and oxygen atoms in total. The third kappa shape index (κ3) is 10.7. The van der Waals surface area contributed by atoms with Crippen molar-refractivity contribution in [3.05, 3.63) is 0 Å². The number of hydrogen-bond donors (Lipinski definition) is 2. The second kappa shape index (κ2) is 12.8. The van der Waals surface area contributed by atoms with Crippen LogP contribution in [0.3, 0.4) is 0 Å². The molecular weight excluding hydrogens is 509 g/mol. The average molecular weight is 548 g/mol. The summed E-state index contributed by atoms with van der Waals surface area (Å²) in [5, 5.41) is 6.17. The molecule has 1 aliphatic rings. The van der Waals surface area contributed by atoms with E-state index in [9.17, 15) is 13.2 Å². The highest BCUT2D eigenvalue weighted by molar-refractivity contribution is 14.0. The highest BCUT2D eigenvalue weighted by atomic mass is 127. The van der Waals surface area contributed by atoms with Crippen LogP contribution in [0.2, 0.25) is 0 Å². The van der Waals surface area contributed by atoms with E-state index in [0.717, 1.165) is 25.5 Å². The summed E-state index contributed by atoms with van der Waals surface area (Å²) < 4.78 is 30.2. The third-order valence-corrected chi connectivity index (χ3v) is 6.14. The van der Waals surface area contributed by atoms with Crippen LogP contribution in [0, 0.1) is 0 Å². The van der Waals surface area contributed by atoms with E-state index < -0.39 is 21.7 Å². The Kier molecular flexibility index (Phi) is 12.4. The summed E-state index contributed by atoms with van der Waals surface area (Å²) >= 11 is 0. The molecule has 1 aliphatic heterocycles. The summed E-state index contributed by atoms with van der Waals surface area (Å²) in [5.41, 5.74) is -0.517. The minimum Gasteiger partial charge on any atom is -0.444 e. The summed E-state index contributed by atoms with van der Waals surface area (Å²) in [7, 11) is -1.55. The van der Waals surface area contributed by atoms with Crippen LogP contribution in [0.15, 0.2) is 4.99 Å². The normalized spacial score (nSPS) is 17.8. The molecule has 0 aromatic carbocycles. The van der Waals surface area contributed by atoms with Crippen molar-refractivity contribution in [2.24, 2.45) is 4.99 Å². The highest BCUT2D eigenvalue weighted by Crippen LogP contribution is 2.12. The lowest BCUT2D eigenvalue weighted by Gasteiger charge is -2.23. The van der Waals surface area contributed by atoms with Crippen molar-refractivity contribution in [1.82, 2.24) is 19.8 Å². The smallest absolute Gasteiger partial charge is 0.407 e. The van der Waals surface area contributed by atoms with Crippen LogP contribution >= 0.6 is 24.0 Å². The molecule has 11 heteroatoms. The number of nitrogens with one attached hydrogen (secondary N) is 2. The molecule has 0 bridgehead atoms. The fourth-order valence-electron chi connectivity index (χ4n) is 2.81. The van der Waals surface area contributed by atoms with E-state index in [1.807, 2.05) is 27.7 Å². The van der Waals surface area contributed by atoms with Crippen molar-refractivity contribution in [1.29, 1.82) is 0 Å². The van der Waals surface area contributed by atoms with E-state index in [2.05, 4.69) is 20.5 Å². The molecule has 0 aromatic heterocycles. The maximum atomic E-state index is 11.9. The molecule has 1 heterocycles. The Bertz CT molecular complexity index is 637. The van der Waals surface area contributed by atoms with Gasteiger partial charge in [0, 0.05) is 39.8 Å². The van der Waals surface area contributed by atoms with Gasteiger partial charge in [-0.3, -0.25) is 4.99 Å². The summed E-state index contributed by atoms with van der Waals surface area (Å²) in [4.78, 5) is 18.7. The minimum atomic E-state index is -3.15. The van der Waals surface area contributed by atoms with E-state index in [1.165, 1.54) is 4.31 Å². The number of nitrogens with zero attached hydrogens (tertiary/aromatic N) is 3. The molecule has 1 atom stereocenters. The summed E-state index contributed by atoms with van der Waals surface area (Å²) in [6.07, 6.45) is 1.07. The number of halogens is 1. The van der Waals surface area contributed by atoms with Crippen LogP contribution in [0.4, 0.5) is 4.79 Å². The molecular formula is C18H38IN5O4S. The van der Waals surface area contributed by atoms with Crippen LogP contribution < -0.4 is 10.6 Å². The maximum Gasteiger partial charge on any atom is 0.407 e. The minimum absolute atomic E-state index is 0. The number of guanidine groups is 1. The second-order valence-electron chi connectivity index (χ2n) is 7.89. The van der Waals surface area contributed by atoms with E-state index in [1.54, 1.807) is 14.0 Å². The van der Waals surface area contributed by atoms with Crippen LogP contribution in [-0.2, 0) is 14.8 Å². The van der Waals surface area contributed by atoms with Crippen LogP contribution in [0.1, 0.15) is 47.5 Å². The van der Waals surface area contributed by atoms with Gasteiger partial charge in [-0.15, -0.1) is 24.0 Å². The van der Waals surface area contributed by atoms with Gasteiger partial charge in [-0.1, -0.05) is 0 Å². The zero-order chi connectivity index (χ0) is 21.4. The molecule has 0 radical (unpaired) electrons. The molecule has 1 saturated heterocycles. The van der Waals surface area contributed by atoms with Crippen molar-refractivity contribution < 1.29 is 17.9 Å². The van der Waals surface area contributed by atoms with E-state index in [-0.39, 0.29) is 35.8 Å². The first-order valence-electron chi connectivity index (χ1n) is 9.95. The van der Waals surface area contributed by atoms with E-state index in [4.69, 9.17) is 4.74 Å². The fraction of sp³-hybridized carbons (Fsp3) is 0.889. The first kappa shape index (κ1) is 28.2. The average Bonchev–Trinajstić information content (AvgIpc) is 3.03. The number of aliphatic imine (C=N–C) groups is 1. The second-order valence-corrected chi connectivity index (χ2v) is 10.3. The topological polar surface area (TPSA) is 103 Å². The number of carbonyl (C=O) groups is 1.